The molecule has 0 fully saturated rings. The third kappa shape index (κ3) is 3.37. The van der Waals surface area contributed by atoms with Crippen LogP contribution in [0.4, 0.5) is 0 Å². The molecule has 0 aliphatic heterocycles. The molecule has 1 amide bonds. The molecule has 142 valence electrons. The van der Waals surface area contributed by atoms with E-state index in [2.05, 4.69) is 10.3 Å². The number of Topliss-reactive ketones (excluding diaryl/α,β-unsaturated/α-hetero) is 1. The van der Waals surface area contributed by atoms with Gasteiger partial charge >= 0.3 is 5.97 Å². The van der Waals surface area contributed by atoms with Crippen molar-refractivity contribution in [1.82, 2.24) is 10.3 Å². The zero-order chi connectivity index (χ0) is 20.5. The number of nitrogens with zero attached hydrogens (tertiary/aromatic N) is 2. The molecule has 0 unspecified atom stereocenters. The van der Waals surface area contributed by atoms with Crippen LogP contribution in [0.5, 0.6) is 0 Å². The highest BCUT2D eigenvalue weighted by molar-refractivity contribution is 6.04. The molecule has 1 aliphatic rings. The number of esters is 1. The highest BCUT2D eigenvalue weighted by Crippen LogP contribution is 2.43. The molecule has 0 spiro atoms. The van der Waals surface area contributed by atoms with Crippen molar-refractivity contribution >= 4 is 17.7 Å². The van der Waals surface area contributed by atoms with Gasteiger partial charge in [0.15, 0.2) is 5.78 Å². The van der Waals surface area contributed by atoms with Crippen LogP contribution in [0.2, 0.25) is 0 Å². The Kier molecular flexibility index (Phi) is 4.97. The predicted molar refractivity (Wildman–Crippen MR) is 99.3 cm³/mol. The second-order valence-electron chi connectivity index (χ2n) is 7.16. The second kappa shape index (κ2) is 7.24. The zero-order valence-corrected chi connectivity index (χ0v) is 15.7. The summed E-state index contributed by atoms with van der Waals surface area (Å²) in [6.45, 7) is 4.59. The molecule has 3 rings (SSSR count). The number of carbonyl (C=O) groups excluding carboxylic acids is 3. The fourth-order valence-corrected chi connectivity index (χ4v) is 3.41. The van der Waals surface area contributed by atoms with Gasteiger partial charge in [-0.25, -0.2) is 0 Å². The van der Waals surface area contributed by atoms with Crippen molar-refractivity contribution in [2.45, 2.75) is 32.9 Å². The Morgan fingerprint density at radius 3 is 2.61 bits per heavy atom. The van der Waals surface area contributed by atoms with E-state index in [-0.39, 0.29) is 11.5 Å². The van der Waals surface area contributed by atoms with Crippen LogP contribution in [-0.4, -0.2) is 28.7 Å². The first-order chi connectivity index (χ1) is 13.3. The van der Waals surface area contributed by atoms with Crippen molar-refractivity contribution in [3.05, 3.63) is 65.0 Å². The van der Waals surface area contributed by atoms with Crippen LogP contribution >= 0.6 is 0 Å². The van der Waals surface area contributed by atoms with Crippen molar-refractivity contribution in [3.63, 3.8) is 0 Å². The average molecular weight is 377 g/mol. The third-order valence-electron chi connectivity index (χ3n) is 4.84. The average Bonchev–Trinajstić information content (AvgIpc) is 2.68. The number of carbonyl (C=O) groups is 3. The lowest BCUT2D eigenvalue weighted by Crippen LogP contribution is -2.53. The molecule has 1 aromatic heterocycles. The Morgan fingerprint density at radius 1 is 1.25 bits per heavy atom. The number of aromatic nitrogens is 1. The van der Waals surface area contributed by atoms with Gasteiger partial charge in [-0.05, 0) is 49.7 Å². The van der Waals surface area contributed by atoms with Crippen LogP contribution in [0.1, 0.15) is 58.8 Å². The van der Waals surface area contributed by atoms with Crippen LogP contribution in [0, 0.1) is 16.7 Å². The molecule has 0 bridgehead atoms. The van der Waals surface area contributed by atoms with Gasteiger partial charge in [0.2, 0.25) is 0 Å². The highest BCUT2D eigenvalue weighted by Gasteiger charge is 2.50. The lowest BCUT2D eigenvalue weighted by molar-refractivity contribution is -0.153. The van der Waals surface area contributed by atoms with Gasteiger partial charge in [0, 0.05) is 18.7 Å². The van der Waals surface area contributed by atoms with Crippen LogP contribution < -0.4 is 5.32 Å². The van der Waals surface area contributed by atoms with Gasteiger partial charge in [-0.3, -0.25) is 19.4 Å². The Hall–Kier alpha value is -3.53. The molecule has 28 heavy (non-hydrogen) atoms. The number of benzene rings is 1. The van der Waals surface area contributed by atoms with E-state index < -0.39 is 29.4 Å². The zero-order valence-electron chi connectivity index (χ0n) is 15.7. The van der Waals surface area contributed by atoms with Gasteiger partial charge in [0.1, 0.15) is 11.8 Å². The molecule has 7 nitrogen and oxygen atoms in total. The molecule has 1 N–H and O–H groups in total. The van der Waals surface area contributed by atoms with Crippen LogP contribution in [0.25, 0.3) is 0 Å². The molecular formula is C21H19N3O4. The fraction of sp³-hybridized carbons (Fsp3) is 0.286. The maximum atomic E-state index is 13.0. The number of pyridine rings is 1. The number of nitrogens with one attached hydrogen (secondary N) is 1. The standard InChI is InChI=1S/C21H19N3O4/c1-12(25)28-19-17(24-20(27)16-6-4-5-9-23-16)15-10-13(11-22)7-8-14(15)18(26)21(19,2)3/h4-10,17,19H,1-3H3,(H,24,27)/t17-,19+/m1/s1. The first-order valence-corrected chi connectivity index (χ1v) is 8.73. The minimum absolute atomic E-state index is 0.191. The van der Waals surface area contributed by atoms with Gasteiger partial charge in [-0.15, -0.1) is 0 Å². The lowest BCUT2D eigenvalue weighted by atomic mass is 9.68. The molecule has 0 radical (unpaired) electrons. The second-order valence-corrected chi connectivity index (χ2v) is 7.16. The predicted octanol–water partition coefficient (Wildman–Crippen LogP) is 2.58. The van der Waals surface area contributed by atoms with E-state index in [1.807, 2.05) is 6.07 Å². The summed E-state index contributed by atoms with van der Waals surface area (Å²) >= 11 is 0. The number of fused-ring (bicyclic) bond motifs is 1. The number of hydrogen-bond donors (Lipinski definition) is 1. The highest BCUT2D eigenvalue weighted by atomic mass is 16.5. The van der Waals surface area contributed by atoms with Crippen molar-refractivity contribution in [1.29, 1.82) is 5.26 Å². The Balaban J connectivity index is 2.12. The molecule has 1 aliphatic carbocycles. The Labute approximate surface area is 162 Å². The summed E-state index contributed by atoms with van der Waals surface area (Å²) in [7, 11) is 0. The summed E-state index contributed by atoms with van der Waals surface area (Å²) in [4.78, 5) is 41.5. The number of nitriles is 1. The largest absolute Gasteiger partial charge is 0.459 e. The molecule has 2 atom stereocenters. The van der Waals surface area contributed by atoms with E-state index in [9.17, 15) is 19.6 Å². The van der Waals surface area contributed by atoms with Gasteiger partial charge in [-0.2, -0.15) is 5.26 Å². The van der Waals surface area contributed by atoms with Gasteiger partial charge in [0.25, 0.3) is 5.91 Å². The molecule has 1 heterocycles. The quantitative estimate of drug-likeness (QED) is 0.824. The normalized spacial score (nSPS) is 19.9. The first kappa shape index (κ1) is 19.2. The minimum Gasteiger partial charge on any atom is -0.459 e. The van der Waals surface area contributed by atoms with E-state index in [1.54, 1.807) is 50.2 Å². The maximum Gasteiger partial charge on any atom is 0.303 e. The summed E-state index contributed by atoms with van der Waals surface area (Å²) in [5, 5.41) is 12.1. The van der Waals surface area contributed by atoms with Crippen LogP contribution in [-0.2, 0) is 9.53 Å². The summed E-state index contributed by atoms with van der Waals surface area (Å²) in [6.07, 6.45) is 0.556. The topological polar surface area (TPSA) is 109 Å². The van der Waals surface area contributed by atoms with E-state index in [4.69, 9.17) is 4.74 Å². The van der Waals surface area contributed by atoms with Crippen molar-refractivity contribution in [2.75, 3.05) is 0 Å². The third-order valence-corrected chi connectivity index (χ3v) is 4.84. The van der Waals surface area contributed by atoms with E-state index >= 15 is 0 Å². The monoisotopic (exact) mass is 377 g/mol. The number of ketones is 1. The van der Waals surface area contributed by atoms with Crippen molar-refractivity contribution < 1.29 is 19.1 Å². The smallest absolute Gasteiger partial charge is 0.303 e. The van der Waals surface area contributed by atoms with Gasteiger partial charge in [0.05, 0.1) is 23.1 Å². The van der Waals surface area contributed by atoms with Crippen LogP contribution in [0.15, 0.2) is 42.6 Å². The fourth-order valence-electron chi connectivity index (χ4n) is 3.41. The number of hydrogen-bond acceptors (Lipinski definition) is 6. The van der Waals surface area contributed by atoms with Gasteiger partial charge in [-0.1, -0.05) is 6.07 Å². The molecule has 1 aromatic carbocycles. The SMILES string of the molecule is CC(=O)O[C@H]1[C@H](NC(=O)c2ccccn2)c2cc(C#N)ccc2C(=O)C1(C)C. The molecule has 7 heteroatoms. The number of ether oxygens (including phenoxy) is 1. The minimum atomic E-state index is -1.07. The number of amides is 1. The Bertz CT molecular complexity index is 992. The number of rotatable bonds is 3. The summed E-state index contributed by atoms with van der Waals surface area (Å²) in [6, 6.07) is 10.8. The summed E-state index contributed by atoms with van der Waals surface area (Å²) in [5.74, 6) is -1.26. The van der Waals surface area contributed by atoms with E-state index in [0.717, 1.165) is 0 Å². The first-order valence-electron chi connectivity index (χ1n) is 8.73. The van der Waals surface area contributed by atoms with E-state index in [0.29, 0.717) is 16.7 Å². The van der Waals surface area contributed by atoms with Crippen molar-refractivity contribution in [2.24, 2.45) is 5.41 Å². The Morgan fingerprint density at radius 2 is 2.00 bits per heavy atom. The van der Waals surface area contributed by atoms with E-state index in [1.165, 1.54) is 13.1 Å². The summed E-state index contributed by atoms with van der Waals surface area (Å²) in [5.41, 5.74) is 0.286. The van der Waals surface area contributed by atoms with Gasteiger partial charge < -0.3 is 10.1 Å². The maximum absolute atomic E-state index is 13.0. The lowest BCUT2D eigenvalue weighted by Gasteiger charge is -2.42. The molecule has 0 saturated heterocycles. The molecule has 0 saturated carbocycles. The summed E-state index contributed by atoms with van der Waals surface area (Å²) < 4.78 is 5.48. The van der Waals surface area contributed by atoms with Crippen LogP contribution in [0.3, 0.4) is 0 Å². The van der Waals surface area contributed by atoms with Crippen molar-refractivity contribution in [3.8, 4) is 6.07 Å². The molecule has 2 aromatic rings. The molecular weight excluding hydrogens is 358 g/mol.